The van der Waals surface area contributed by atoms with E-state index < -0.39 is 0 Å². The second-order valence-electron chi connectivity index (χ2n) is 6.88. The summed E-state index contributed by atoms with van der Waals surface area (Å²) in [6, 6.07) is 19.8. The van der Waals surface area contributed by atoms with E-state index in [1.165, 1.54) is 11.6 Å². The van der Waals surface area contributed by atoms with Crippen LogP contribution in [0.25, 0.3) is 28.1 Å². The molecule has 26 heavy (non-hydrogen) atoms. The van der Waals surface area contributed by atoms with Crippen LogP contribution in [0.3, 0.4) is 0 Å². The van der Waals surface area contributed by atoms with Crippen LogP contribution >= 0.6 is 0 Å². The number of imidazole rings is 1. The van der Waals surface area contributed by atoms with E-state index in [1.807, 2.05) is 31.3 Å². The summed E-state index contributed by atoms with van der Waals surface area (Å²) < 4.78 is 19.1. The predicted molar refractivity (Wildman–Crippen MR) is 104 cm³/mol. The maximum atomic E-state index is 15.0. The Bertz CT molecular complexity index is 1120. The topological polar surface area (TPSA) is 8.81 Å². The molecule has 0 N–H and O–H groups in total. The lowest BCUT2D eigenvalue weighted by atomic mass is 10.1. The number of para-hydroxylation sites is 2. The van der Waals surface area contributed by atoms with Gasteiger partial charge < -0.3 is 0 Å². The fourth-order valence-corrected chi connectivity index (χ4v) is 3.87. The second-order valence-corrected chi connectivity index (χ2v) is 6.88. The quantitative estimate of drug-likeness (QED) is 0.442. The van der Waals surface area contributed by atoms with Crippen molar-refractivity contribution < 1.29 is 8.96 Å². The summed E-state index contributed by atoms with van der Waals surface area (Å²) in [7, 11) is 2.01. The standard InChI is InChI=1S/C23H22FN2/c1-15-9-5-6-12-18(15)23-25(4)20-14-8-13-19(24)22(20)26(23)21-16(2)10-7-11-17(21)3/h5-14H,1-4H3/q+1. The Hall–Kier alpha value is -2.94. The third-order valence-electron chi connectivity index (χ3n) is 5.13. The van der Waals surface area contributed by atoms with Crippen LogP contribution in [-0.2, 0) is 7.05 Å². The zero-order valence-corrected chi connectivity index (χ0v) is 15.5. The first-order valence-corrected chi connectivity index (χ1v) is 8.82. The summed E-state index contributed by atoms with van der Waals surface area (Å²) >= 11 is 0. The smallest absolute Gasteiger partial charge is 0.225 e. The number of nitrogens with zero attached hydrogens (tertiary/aromatic N) is 2. The summed E-state index contributed by atoms with van der Waals surface area (Å²) in [5.74, 6) is 0.779. The molecule has 4 rings (SSSR count). The number of hydrogen-bond donors (Lipinski definition) is 0. The van der Waals surface area contributed by atoms with Gasteiger partial charge in [0.2, 0.25) is 5.52 Å². The van der Waals surface area contributed by atoms with Gasteiger partial charge in [-0.1, -0.05) is 42.5 Å². The van der Waals surface area contributed by atoms with E-state index in [0.29, 0.717) is 5.52 Å². The molecule has 0 aliphatic rings. The number of halogens is 1. The third kappa shape index (κ3) is 2.35. The summed E-state index contributed by atoms with van der Waals surface area (Å²) in [6.45, 7) is 6.26. The number of hydrogen-bond acceptors (Lipinski definition) is 0. The van der Waals surface area contributed by atoms with Crippen LogP contribution in [0.1, 0.15) is 16.7 Å². The molecule has 0 aliphatic carbocycles. The van der Waals surface area contributed by atoms with Gasteiger partial charge in [-0.05, 0) is 55.7 Å². The molecule has 1 heterocycles. The van der Waals surface area contributed by atoms with Crippen LogP contribution in [0, 0.1) is 26.6 Å². The first-order chi connectivity index (χ1) is 12.5. The minimum atomic E-state index is -0.208. The van der Waals surface area contributed by atoms with Gasteiger partial charge in [-0.2, -0.15) is 4.57 Å². The number of fused-ring (bicyclic) bond motifs is 1. The van der Waals surface area contributed by atoms with Crippen molar-refractivity contribution in [2.24, 2.45) is 7.05 Å². The van der Waals surface area contributed by atoms with Crippen LogP contribution in [0.5, 0.6) is 0 Å². The average molecular weight is 345 g/mol. The van der Waals surface area contributed by atoms with Crippen molar-refractivity contribution >= 4 is 11.0 Å². The molecule has 0 atom stereocenters. The van der Waals surface area contributed by atoms with E-state index >= 15 is 0 Å². The molecular formula is C23H22FN2+. The molecule has 4 aromatic rings. The van der Waals surface area contributed by atoms with E-state index in [9.17, 15) is 4.39 Å². The minimum absolute atomic E-state index is 0.208. The molecule has 0 saturated carbocycles. The van der Waals surface area contributed by atoms with Crippen molar-refractivity contribution in [3.05, 3.63) is 83.2 Å². The Balaban J connectivity index is 2.25. The maximum Gasteiger partial charge on any atom is 0.295 e. The molecule has 0 fully saturated rings. The number of aryl methyl sites for hydroxylation is 4. The van der Waals surface area contributed by atoms with Gasteiger partial charge in [-0.3, -0.25) is 0 Å². The lowest BCUT2D eigenvalue weighted by Gasteiger charge is -2.10. The first-order valence-electron chi connectivity index (χ1n) is 8.82. The molecule has 0 saturated heterocycles. The molecule has 0 amide bonds. The SMILES string of the molecule is Cc1ccccc1-c1n(-c2c(C)cccc2C)c2c(F)cccc2[n+]1C. The highest BCUT2D eigenvalue weighted by atomic mass is 19.1. The first kappa shape index (κ1) is 16.5. The molecule has 0 radical (unpaired) electrons. The fourth-order valence-electron chi connectivity index (χ4n) is 3.87. The molecule has 3 aromatic carbocycles. The van der Waals surface area contributed by atoms with Crippen LogP contribution in [0.4, 0.5) is 4.39 Å². The van der Waals surface area contributed by atoms with Crippen LogP contribution in [-0.4, -0.2) is 4.57 Å². The summed E-state index contributed by atoms with van der Waals surface area (Å²) in [5.41, 5.74) is 7.06. The van der Waals surface area contributed by atoms with Crippen molar-refractivity contribution in [1.82, 2.24) is 4.57 Å². The maximum absolute atomic E-state index is 15.0. The Morgan fingerprint density at radius 1 is 0.769 bits per heavy atom. The van der Waals surface area contributed by atoms with E-state index in [1.54, 1.807) is 6.07 Å². The Morgan fingerprint density at radius 2 is 1.38 bits per heavy atom. The summed E-state index contributed by atoms with van der Waals surface area (Å²) in [4.78, 5) is 0. The molecule has 2 nitrogen and oxygen atoms in total. The average Bonchev–Trinajstić information content (AvgIpc) is 2.90. The second kappa shape index (κ2) is 6.10. The highest BCUT2D eigenvalue weighted by Crippen LogP contribution is 2.32. The molecule has 0 spiro atoms. The van der Waals surface area contributed by atoms with Crippen LogP contribution in [0.2, 0.25) is 0 Å². The van der Waals surface area contributed by atoms with Gasteiger partial charge in [-0.15, -0.1) is 0 Å². The summed E-state index contributed by atoms with van der Waals surface area (Å²) in [6.07, 6.45) is 0. The van der Waals surface area contributed by atoms with Crippen LogP contribution < -0.4 is 4.57 Å². The Morgan fingerprint density at radius 3 is 2.08 bits per heavy atom. The molecule has 0 bridgehead atoms. The van der Waals surface area contributed by atoms with E-state index in [2.05, 4.69) is 54.2 Å². The Labute approximate surface area is 153 Å². The zero-order chi connectivity index (χ0) is 18.4. The highest BCUT2D eigenvalue weighted by molar-refractivity contribution is 5.81. The van der Waals surface area contributed by atoms with Gasteiger partial charge in [0.05, 0.1) is 12.6 Å². The van der Waals surface area contributed by atoms with Gasteiger partial charge in [0.15, 0.2) is 11.3 Å². The lowest BCUT2D eigenvalue weighted by Crippen LogP contribution is -2.30. The molecule has 130 valence electrons. The fraction of sp³-hybridized carbons (Fsp3) is 0.174. The summed E-state index contributed by atoms with van der Waals surface area (Å²) in [5, 5.41) is 0. The lowest BCUT2D eigenvalue weighted by molar-refractivity contribution is -0.633. The molecule has 1 aromatic heterocycles. The largest absolute Gasteiger partial charge is 0.295 e. The van der Waals surface area contributed by atoms with Crippen molar-refractivity contribution in [3.8, 4) is 17.1 Å². The number of aromatic nitrogens is 2. The van der Waals surface area contributed by atoms with Crippen LogP contribution in [0.15, 0.2) is 60.7 Å². The normalized spacial score (nSPS) is 11.3. The Kier molecular flexibility index (Phi) is 3.87. The van der Waals surface area contributed by atoms with Gasteiger partial charge in [-0.25, -0.2) is 8.96 Å². The van der Waals surface area contributed by atoms with Gasteiger partial charge in [0, 0.05) is 0 Å². The van der Waals surface area contributed by atoms with Gasteiger partial charge >= 0.3 is 0 Å². The molecule has 0 aliphatic heterocycles. The van der Waals surface area contributed by atoms with Gasteiger partial charge in [0.25, 0.3) is 5.82 Å². The highest BCUT2D eigenvalue weighted by Gasteiger charge is 2.30. The zero-order valence-electron chi connectivity index (χ0n) is 15.5. The number of rotatable bonds is 2. The molecule has 0 unspecified atom stereocenters. The van der Waals surface area contributed by atoms with E-state index in [0.717, 1.165) is 33.7 Å². The van der Waals surface area contributed by atoms with Crippen molar-refractivity contribution in [2.45, 2.75) is 20.8 Å². The number of benzene rings is 3. The van der Waals surface area contributed by atoms with E-state index in [4.69, 9.17) is 0 Å². The minimum Gasteiger partial charge on any atom is -0.225 e. The predicted octanol–water partition coefficient (Wildman–Crippen LogP) is 5.19. The van der Waals surface area contributed by atoms with Gasteiger partial charge in [0.1, 0.15) is 5.69 Å². The monoisotopic (exact) mass is 345 g/mol. The van der Waals surface area contributed by atoms with Crippen molar-refractivity contribution in [3.63, 3.8) is 0 Å². The molecular weight excluding hydrogens is 323 g/mol. The van der Waals surface area contributed by atoms with Crippen molar-refractivity contribution in [2.75, 3.05) is 0 Å². The molecule has 3 heteroatoms. The van der Waals surface area contributed by atoms with E-state index in [-0.39, 0.29) is 5.82 Å². The third-order valence-corrected chi connectivity index (χ3v) is 5.13. The van der Waals surface area contributed by atoms with Crippen molar-refractivity contribution in [1.29, 1.82) is 0 Å².